The van der Waals surface area contributed by atoms with Gasteiger partial charge in [-0.05, 0) is 59.3 Å². The lowest BCUT2D eigenvalue weighted by Crippen LogP contribution is -2.07. The molecular weight excluding hydrogens is 377 g/mol. The van der Waals surface area contributed by atoms with Gasteiger partial charge in [-0.15, -0.1) is 0 Å². The van der Waals surface area contributed by atoms with Crippen LogP contribution in [-0.2, 0) is 0 Å². The number of rotatable bonds is 3. The van der Waals surface area contributed by atoms with Gasteiger partial charge in [0.15, 0.2) is 0 Å². The van der Waals surface area contributed by atoms with Crippen molar-refractivity contribution in [2.75, 3.05) is 5.32 Å². The number of aromatic hydroxyl groups is 1. The summed E-state index contributed by atoms with van der Waals surface area (Å²) >= 11 is 6.84. The summed E-state index contributed by atoms with van der Waals surface area (Å²) in [6, 6.07) is 9.45. The van der Waals surface area contributed by atoms with Gasteiger partial charge < -0.3 is 10.4 Å². The summed E-state index contributed by atoms with van der Waals surface area (Å²) in [7, 11) is 0. The number of phenols is 1. The van der Waals surface area contributed by atoms with Crippen molar-refractivity contribution in [1.82, 2.24) is 0 Å². The van der Waals surface area contributed by atoms with Crippen molar-refractivity contribution < 1.29 is 9.50 Å². The quantitative estimate of drug-likeness (QED) is 0.754. The molecule has 0 radical (unpaired) electrons. The van der Waals surface area contributed by atoms with Crippen LogP contribution in [0.3, 0.4) is 0 Å². The van der Waals surface area contributed by atoms with Crippen LogP contribution < -0.4 is 5.32 Å². The maximum atomic E-state index is 13.2. The number of hydrogen-bond donors (Lipinski definition) is 2. The second-order valence-electron chi connectivity index (χ2n) is 4.19. The maximum Gasteiger partial charge on any atom is 0.123 e. The van der Waals surface area contributed by atoms with E-state index in [0.29, 0.717) is 5.56 Å². The second-order valence-corrected chi connectivity index (χ2v) is 5.96. The standard InChI is InChI=1S/C14H12Br2FNO/c1-8(11-7-10(17)3-5-14(11)19)18-13-6-9(15)2-4-12(13)16/h2-8,18-19H,1H3. The molecule has 0 spiro atoms. The Bertz CT molecular complexity index is 604. The average Bonchev–Trinajstić information content (AvgIpc) is 2.36. The Hall–Kier alpha value is -1.07. The molecule has 2 N–H and O–H groups in total. The van der Waals surface area contributed by atoms with E-state index in [1.54, 1.807) is 0 Å². The molecule has 2 nitrogen and oxygen atoms in total. The SMILES string of the molecule is CC(Nc1cc(Br)ccc1Br)c1cc(F)ccc1O. The Balaban J connectivity index is 2.27. The molecule has 0 saturated carbocycles. The summed E-state index contributed by atoms with van der Waals surface area (Å²) in [4.78, 5) is 0. The molecule has 2 aromatic rings. The van der Waals surface area contributed by atoms with Crippen LogP contribution in [0.2, 0.25) is 0 Å². The van der Waals surface area contributed by atoms with E-state index in [2.05, 4.69) is 37.2 Å². The molecule has 0 aliphatic heterocycles. The zero-order valence-electron chi connectivity index (χ0n) is 10.1. The van der Waals surface area contributed by atoms with Crippen molar-refractivity contribution in [3.8, 4) is 5.75 Å². The van der Waals surface area contributed by atoms with Crippen LogP contribution in [0, 0.1) is 5.82 Å². The first-order chi connectivity index (χ1) is 8.97. The summed E-state index contributed by atoms with van der Waals surface area (Å²) in [6.07, 6.45) is 0. The van der Waals surface area contributed by atoms with Gasteiger partial charge in [0.05, 0.1) is 11.7 Å². The molecule has 2 rings (SSSR count). The molecule has 0 fully saturated rings. The van der Waals surface area contributed by atoms with E-state index in [9.17, 15) is 9.50 Å². The number of hydrogen-bond acceptors (Lipinski definition) is 2. The monoisotopic (exact) mass is 387 g/mol. The van der Waals surface area contributed by atoms with Crippen LogP contribution in [0.15, 0.2) is 45.3 Å². The molecular formula is C14H12Br2FNO. The third-order valence-electron chi connectivity index (χ3n) is 2.76. The van der Waals surface area contributed by atoms with Crippen LogP contribution in [0.4, 0.5) is 10.1 Å². The maximum absolute atomic E-state index is 13.2. The molecule has 5 heteroatoms. The molecule has 1 unspecified atom stereocenters. The number of nitrogens with one attached hydrogen (secondary N) is 1. The third-order valence-corrected chi connectivity index (χ3v) is 3.94. The number of anilines is 1. The molecule has 0 aliphatic carbocycles. The lowest BCUT2D eigenvalue weighted by molar-refractivity contribution is 0.462. The van der Waals surface area contributed by atoms with E-state index in [1.165, 1.54) is 18.2 Å². The van der Waals surface area contributed by atoms with Crippen LogP contribution in [0.5, 0.6) is 5.75 Å². The molecule has 1 atom stereocenters. The Morgan fingerprint density at radius 2 is 1.89 bits per heavy atom. The van der Waals surface area contributed by atoms with Gasteiger partial charge in [-0.2, -0.15) is 0 Å². The Labute approximate surface area is 127 Å². The molecule has 0 aliphatic rings. The van der Waals surface area contributed by atoms with Gasteiger partial charge in [0.25, 0.3) is 0 Å². The van der Waals surface area contributed by atoms with Crippen LogP contribution in [-0.4, -0.2) is 5.11 Å². The minimum atomic E-state index is -0.366. The van der Waals surface area contributed by atoms with Crippen LogP contribution in [0.1, 0.15) is 18.5 Å². The highest BCUT2D eigenvalue weighted by Crippen LogP contribution is 2.32. The van der Waals surface area contributed by atoms with E-state index >= 15 is 0 Å². The van der Waals surface area contributed by atoms with Gasteiger partial charge >= 0.3 is 0 Å². The van der Waals surface area contributed by atoms with Gasteiger partial charge in [-0.3, -0.25) is 0 Å². The van der Waals surface area contributed by atoms with Crippen molar-refractivity contribution in [3.63, 3.8) is 0 Å². The first kappa shape index (κ1) is 14.3. The van der Waals surface area contributed by atoms with Crippen LogP contribution >= 0.6 is 31.9 Å². The van der Waals surface area contributed by atoms with Gasteiger partial charge in [0, 0.05) is 14.5 Å². The third kappa shape index (κ3) is 3.48. The fourth-order valence-corrected chi connectivity index (χ4v) is 2.51. The number of halogens is 3. The first-order valence-electron chi connectivity index (χ1n) is 5.67. The van der Waals surface area contributed by atoms with E-state index in [1.807, 2.05) is 25.1 Å². The molecule has 2 aromatic carbocycles. The van der Waals surface area contributed by atoms with Crippen molar-refractivity contribution in [3.05, 3.63) is 56.7 Å². The average molecular weight is 389 g/mol. The number of benzene rings is 2. The topological polar surface area (TPSA) is 32.3 Å². The Morgan fingerprint density at radius 3 is 2.63 bits per heavy atom. The molecule has 0 bridgehead atoms. The summed E-state index contributed by atoms with van der Waals surface area (Å²) in [5.74, 6) is -0.290. The minimum absolute atomic E-state index is 0.0764. The van der Waals surface area contributed by atoms with E-state index < -0.39 is 0 Å². The summed E-state index contributed by atoms with van der Waals surface area (Å²) in [5.41, 5.74) is 1.39. The first-order valence-corrected chi connectivity index (χ1v) is 7.26. The fraction of sp³-hybridized carbons (Fsp3) is 0.143. The highest BCUT2D eigenvalue weighted by Gasteiger charge is 2.12. The highest BCUT2D eigenvalue weighted by molar-refractivity contribution is 9.11. The van der Waals surface area contributed by atoms with E-state index in [4.69, 9.17) is 0 Å². The lowest BCUT2D eigenvalue weighted by atomic mass is 10.1. The van der Waals surface area contributed by atoms with Crippen molar-refractivity contribution in [2.45, 2.75) is 13.0 Å². The molecule has 100 valence electrons. The Morgan fingerprint density at radius 1 is 1.16 bits per heavy atom. The van der Waals surface area contributed by atoms with Gasteiger partial charge in [-0.25, -0.2) is 4.39 Å². The van der Waals surface area contributed by atoms with Crippen molar-refractivity contribution >= 4 is 37.5 Å². The van der Waals surface area contributed by atoms with E-state index in [0.717, 1.165) is 14.6 Å². The smallest absolute Gasteiger partial charge is 0.123 e. The lowest BCUT2D eigenvalue weighted by Gasteiger charge is -2.18. The van der Waals surface area contributed by atoms with Gasteiger partial charge in [-0.1, -0.05) is 15.9 Å². The van der Waals surface area contributed by atoms with E-state index in [-0.39, 0.29) is 17.6 Å². The van der Waals surface area contributed by atoms with Gasteiger partial charge in [0.2, 0.25) is 0 Å². The van der Waals surface area contributed by atoms with Crippen molar-refractivity contribution in [2.24, 2.45) is 0 Å². The largest absolute Gasteiger partial charge is 0.508 e. The summed E-state index contributed by atoms with van der Waals surface area (Å²) < 4.78 is 15.1. The predicted octanol–water partition coefficient (Wildman–Crippen LogP) is 5.23. The fourth-order valence-electron chi connectivity index (χ4n) is 1.79. The predicted molar refractivity (Wildman–Crippen MR) is 81.9 cm³/mol. The van der Waals surface area contributed by atoms with Gasteiger partial charge in [0.1, 0.15) is 11.6 Å². The molecule has 0 heterocycles. The molecule has 19 heavy (non-hydrogen) atoms. The molecule has 0 amide bonds. The molecule has 0 saturated heterocycles. The zero-order chi connectivity index (χ0) is 14.0. The Kier molecular flexibility index (Phi) is 4.47. The number of phenolic OH excluding ortho intramolecular Hbond substituents is 1. The summed E-state index contributed by atoms with van der Waals surface area (Å²) in [6.45, 7) is 1.86. The van der Waals surface area contributed by atoms with Crippen molar-refractivity contribution in [1.29, 1.82) is 0 Å². The van der Waals surface area contributed by atoms with Crippen LogP contribution in [0.25, 0.3) is 0 Å². The zero-order valence-corrected chi connectivity index (χ0v) is 13.3. The minimum Gasteiger partial charge on any atom is -0.508 e. The summed E-state index contributed by atoms with van der Waals surface area (Å²) in [5, 5.41) is 13.0. The second kappa shape index (κ2) is 5.92. The highest BCUT2D eigenvalue weighted by atomic mass is 79.9. The molecule has 0 aromatic heterocycles. The normalized spacial score (nSPS) is 12.2.